The summed E-state index contributed by atoms with van der Waals surface area (Å²) in [5.41, 5.74) is 0.616. The molecule has 86 valence electrons. The molecular formula is C15H14O2. The van der Waals surface area contributed by atoms with E-state index in [1.807, 2.05) is 36.4 Å². The summed E-state index contributed by atoms with van der Waals surface area (Å²) < 4.78 is 0. The van der Waals surface area contributed by atoms with Crippen molar-refractivity contribution in [1.82, 2.24) is 0 Å². The molecule has 0 bridgehead atoms. The van der Waals surface area contributed by atoms with Gasteiger partial charge in [0, 0.05) is 12.0 Å². The van der Waals surface area contributed by atoms with Gasteiger partial charge in [-0.3, -0.25) is 9.59 Å². The first-order chi connectivity index (χ1) is 8.20. The van der Waals surface area contributed by atoms with Crippen molar-refractivity contribution >= 4 is 22.3 Å². The number of fused-ring (bicyclic) bond motifs is 1. The highest BCUT2D eigenvalue weighted by molar-refractivity contribution is 6.09. The van der Waals surface area contributed by atoms with E-state index in [1.165, 1.54) is 0 Å². The summed E-state index contributed by atoms with van der Waals surface area (Å²) in [6.07, 6.45) is 0.425. The van der Waals surface area contributed by atoms with Gasteiger partial charge in [-0.2, -0.15) is 0 Å². The third kappa shape index (κ3) is 2.59. The first-order valence-electron chi connectivity index (χ1n) is 5.74. The van der Waals surface area contributed by atoms with Crippen LogP contribution in [0.25, 0.3) is 10.8 Å². The molecule has 0 fully saturated rings. The number of rotatable bonds is 4. The Hall–Kier alpha value is -1.96. The average molecular weight is 226 g/mol. The third-order valence-corrected chi connectivity index (χ3v) is 2.82. The van der Waals surface area contributed by atoms with E-state index in [0.717, 1.165) is 10.8 Å². The lowest BCUT2D eigenvalue weighted by atomic mass is 10.0. The van der Waals surface area contributed by atoms with Crippen molar-refractivity contribution in [2.75, 3.05) is 0 Å². The minimum absolute atomic E-state index is 0.00877. The maximum atomic E-state index is 11.8. The molecule has 0 N–H and O–H groups in total. The lowest BCUT2D eigenvalue weighted by Gasteiger charge is -2.02. The minimum Gasteiger partial charge on any atom is -0.299 e. The van der Waals surface area contributed by atoms with Gasteiger partial charge in [0.05, 0.1) is 6.42 Å². The monoisotopic (exact) mass is 226 g/mol. The molecule has 0 aliphatic carbocycles. The van der Waals surface area contributed by atoms with Crippen molar-refractivity contribution in [3.63, 3.8) is 0 Å². The summed E-state index contributed by atoms with van der Waals surface area (Å²) in [5.74, 6) is -0.106. The molecule has 0 unspecified atom stereocenters. The number of Topliss-reactive ketones (excluding diaryl/α,β-unsaturated/α-hetero) is 2. The number of hydrogen-bond donors (Lipinski definition) is 0. The van der Waals surface area contributed by atoms with Crippen LogP contribution >= 0.6 is 0 Å². The van der Waals surface area contributed by atoms with Crippen LogP contribution in [0.15, 0.2) is 42.5 Å². The van der Waals surface area contributed by atoms with Gasteiger partial charge in [-0.05, 0) is 16.8 Å². The molecule has 2 heteroatoms. The Labute approximate surface area is 100 Å². The largest absolute Gasteiger partial charge is 0.299 e. The topological polar surface area (TPSA) is 34.1 Å². The van der Waals surface area contributed by atoms with E-state index in [4.69, 9.17) is 0 Å². The summed E-state index contributed by atoms with van der Waals surface area (Å²) in [4.78, 5) is 23.1. The van der Waals surface area contributed by atoms with Gasteiger partial charge in [0.15, 0.2) is 5.78 Å². The van der Waals surface area contributed by atoms with Gasteiger partial charge in [0.2, 0.25) is 0 Å². The van der Waals surface area contributed by atoms with Gasteiger partial charge in [0.25, 0.3) is 0 Å². The number of carbonyl (C=O) groups excluding carboxylic acids is 2. The van der Waals surface area contributed by atoms with Gasteiger partial charge >= 0.3 is 0 Å². The zero-order valence-corrected chi connectivity index (χ0v) is 9.77. The lowest BCUT2D eigenvalue weighted by molar-refractivity contribution is -0.117. The summed E-state index contributed by atoms with van der Waals surface area (Å²) >= 11 is 0. The standard InChI is InChI=1S/C15H14O2/c1-2-14(16)10-15(17)13-8-7-11-5-3-4-6-12(11)9-13/h3-9H,2,10H2,1H3. The quantitative estimate of drug-likeness (QED) is 0.591. The Kier molecular flexibility index (Phi) is 3.33. The molecule has 0 amide bonds. The van der Waals surface area contributed by atoms with Gasteiger partial charge in [-0.1, -0.05) is 43.3 Å². The summed E-state index contributed by atoms with van der Waals surface area (Å²) in [7, 11) is 0. The third-order valence-electron chi connectivity index (χ3n) is 2.82. The van der Waals surface area contributed by atoms with Crippen LogP contribution < -0.4 is 0 Å². The molecular weight excluding hydrogens is 212 g/mol. The molecule has 0 aliphatic rings. The van der Waals surface area contributed by atoms with Crippen molar-refractivity contribution in [1.29, 1.82) is 0 Å². The highest BCUT2D eigenvalue weighted by Gasteiger charge is 2.10. The van der Waals surface area contributed by atoms with Crippen LogP contribution in [0, 0.1) is 0 Å². The Morgan fingerprint density at radius 3 is 2.41 bits per heavy atom. The number of carbonyl (C=O) groups is 2. The van der Waals surface area contributed by atoms with Crippen LogP contribution in [0.1, 0.15) is 30.1 Å². The lowest BCUT2D eigenvalue weighted by Crippen LogP contribution is -2.06. The predicted octanol–water partition coefficient (Wildman–Crippen LogP) is 3.39. The summed E-state index contributed by atoms with van der Waals surface area (Å²) in [6.45, 7) is 1.77. The van der Waals surface area contributed by atoms with Crippen molar-refractivity contribution in [3.8, 4) is 0 Å². The van der Waals surface area contributed by atoms with Crippen LogP contribution in [-0.4, -0.2) is 11.6 Å². The van der Waals surface area contributed by atoms with Crippen molar-refractivity contribution in [3.05, 3.63) is 48.0 Å². The Bertz CT molecular complexity index is 570. The Morgan fingerprint density at radius 1 is 1.00 bits per heavy atom. The fraction of sp³-hybridized carbons (Fsp3) is 0.200. The molecule has 2 aromatic carbocycles. The normalized spacial score (nSPS) is 10.4. The van der Waals surface area contributed by atoms with Gasteiger partial charge in [-0.15, -0.1) is 0 Å². The highest BCUT2D eigenvalue weighted by atomic mass is 16.1. The molecule has 0 saturated carbocycles. The first-order valence-corrected chi connectivity index (χ1v) is 5.74. The van der Waals surface area contributed by atoms with E-state index in [1.54, 1.807) is 13.0 Å². The molecule has 0 saturated heterocycles. The molecule has 0 radical (unpaired) electrons. The van der Waals surface area contributed by atoms with Gasteiger partial charge in [-0.25, -0.2) is 0 Å². The Morgan fingerprint density at radius 2 is 1.71 bits per heavy atom. The molecule has 0 aromatic heterocycles. The molecule has 0 heterocycles. The minimum atomic E-state index is -0.0948. The van der Waals surface area contributed by atoms with Gasteiger partial charge < -0.3 is 0 Å². The molecule has 0 aliphatic heterocycles. The number of hydrogen-bond acceptors (Lipinski definition) is 2. The predicted molar refractivity (Wildman–Crippen MR) is 68.2 cm³/mol. The van der Waals surface area contributed by atoms with Crippen LogP contribution in [0.3, 0.4) is 0 Å². The zero-order valence-electron chi connectivity index (χ0n) is 9.77. The second kappa shape index (κ2) is 4.91. The molecule has 0 atom stereocenters. The van der Waals surface area contributed by atoms with Crippen LogP contribution in [0.2, 0.25) is 0 Å². The van der Waals surface area contributed by atoms with Crippen LogP contribution in [0.4, 0.5) is 0 Å². The second-order valence-electron chi connectivity index (χ2n) is 4.05. The van der Waals surface area contributed by atoms with Crippen molar-refractivity contribution in [2.45, 2.75) is 19.8 Å². The maximum Gasteiger partial charge on any atom is 0.170 e. The first kappa shape index (κ1) is 11.5. The average Bonchev–Trinajstić information content (AvgIpc) is 2.38. The SMILES string of the molecule is CCC(=O)CC(=O)c1ccc2ccccc2c1. The van der Waals surface area contributed by atoms with Gasteiger partial charge in [0.1, 0.15) is 5.78 Å². The molecule has 17 heavy (non-hydrogen) atoms. The van der Waals surface area contributed by atoms with E-state index in [2.05, 4.69) is 0 Å². The summed E-state index contributed by atoms with van der Waals surface area (Å²) in [6, 6.07) is 13.4. The highest BCUT2D eigenvalue weighted by Crippen LogP contribution is 2.16. The van der Waals surface area contributed by atoms with Crippen molar-refractivity contribution in [2.24, 2.45) is 0 Å². The van der Waals surface area contributed by atoms with E-state index in [-0.39, 0.29) is 18.0 Å². The van der Waals surface area contributed by atoms with Crippen molar-refractivity contribution < 1.29 is 9.59 Å². The summed E-state index contributed by atoms with van der Waals surface area (Å²) in [5, 5.41) is 2.13. The number of ketones is 2. The molecule has 2 nitrogen and oxygen atoms in total. The van der Waals surface area contributed by atoms with E-state index in [9.17, 15) is 9.59 Å². The second-order valence-corrected chi connectivity index (χ2v) is 4.05. The molecule has 2 rings (SSSR count). The van der Waals surface area contributed by atoms with Crippen LogP contribution in [0.5, 0.6) is 0 Å². The molecule has 2 aromatic rings. The van der Waals surface area contributed by atoms with E-state index < -0.39 is 0 Å². The fourth-order valence-corrected chi connectivity index (χ4v) is 1.77. The van der Waals surface area contributed by atoms with Crippen LogP contribution in [-0.2, 0) is 4.79 Å². The number of benzene rings is 2. The maximum absolute atomic E-state index is 11.8. The molecule has 0 spiro atoms. The fourth-order valence-electron chi connectivity index (χ4n) is 1.77. The zero-order chi connectivity index (χ0) is 12.3. The Balaban J connectivity index is 2.30. The van der Waals surface area contributed by atoms with E-state index >= 15 is 0 Å². The smallest absolute Gasteiger partial charge is 0.170 e. The van der Waals surface area contributed by atoms with E-state index in [0.29, 0.717) is 12.0 Å².